The van der Waals surface area contributed by atoms with Crippen molar-refractivity contribution < 1.29 is 13.2 Å². The second-order valence-corrected chi connectivity index (χ2v) is 3.72. The molecule has 15 heavy (non-hydrogen) atoms. The van der Waals surface area contributed by atoms with Gasteiger partial charge in [0.2, 0.25) is 0 Å². The third-order valence-corrected chi connectivity index (χ3v) is 2.52. The summed E-state index contributed by atoms with van der Waals surface area (Å²) in [5.74, 6) is 0. The first-order valence-corrected chi connectivity index (χ1v) is 4.56. The maximum Gasteiger partial charge on any atom is 0.427 e. The van der Waals surface area contributed by atoms with Crippen molar-refractivity contribution in [2.24, 2.45) is 0 Å². The second kappa shape index (κ2) is 3.05. The van der Waals surface area contributed by atoms with E-state index >= 15 is 0 Å². The summed E-state index contributed by atoms with van der Waals surface area (Å²) in [6.07, 6.45) is -5.88. The molecule has 1 aromatic rings. The minimum absolute atomic E-state index is 0.533. The zero-order valence-electron chi connectivity index (χ0n) is 8.39. The van der Waals surface area contributed by atoms with Gasteiger partial charge in [0.15, 0.2) is 6.17 Å². The fraction of sp³-hybridized carbons (Fsp3) is 0.400. The standard InChI is InChI=1S/C10H11F3N2/c1-6-3-4-7-8(5-6)15(2)9(14-7)10(11,12)13/h3-5,9,14H,1-2H3. The van der Waals surface area contributed by atoms with Crippen LogP contribution in [0.3, 0.4) is 0 Å². The molecular weight excluding hydrogens is 205 g/mol. The number of halogens is 3. The molecule has 1 atom stereocenters. The van der Waals surface area contributed by atoms with Crippen molar-refractivity contribution in [2.75, 3.05) is 17.3 Å². The molecular formula is C10H11F3N2. The molecule has 5 heteroatoms. The monoisotopic (exact) mass is 216 g/mol. The molecule has 0 bridgehead atoms. The lowest BCUT2D eigenvalue weighted by molar-refractivity contribution is -0.140. The van der Waals surface area contributed by atoms with Gasteiger partial charge >= 0.3 is 6.18 Å². The Morgan fingerprint density at radius 2 is 2.00 bits per heavy atom. The van der Waals surface area contributed by atoms with Gasteiger partial charge < -0.3 is 10.2 Å². The van der Waals surface area contributed by atoms with E-state index in [0.717, 1.165) is 5.56 Å². The first kappa shape index (κ1) is 10.1. The van der Waals surface area contributed by atoms with E-state index in [9.17, 15) is 13.2 Å². The molecule has 2 nitrogen and oxygen atoms in total. The van der Waals surface area contributed by atoms with Gasteiger partial charge in [-0.15, -0.1) is 0 Å². The third-order valence-electron chi connectivity index (χ3n) is 2.52. The Balaban J connectivity index is 2.38. The molecule has 1 N–H and O–H groups in total. The molecule has 1 unspecified atom stereocenters. The number of anilines is 2. The highest BCUT2D eigenvalue weighted by Crippen LogP contribution is 2.39. The van der Waals surface area contributed by atoms with Gasteiger partial charge in [-0.1, -0.05) is 6.07 Å². The molecule has 0 amide bonds. The predicted octanol–water partition coefficient (Wildman–Crippen LogP) is 2.75. The van der Waals surface area contributed by atoms with Crippen LogP contribution in [0.15, 0.2) is 18.2 Å². The van der Waals surface area contributed by atoms with Crippen LogP contribution in [0.1, 0.15) is 5.56 Å². The summed E-state index contributed by atoms with van der Waals surface area (Å²) in [7, 11) is 1.44. The first-order valence-electron chi connectivity index (χ1n) is 4.56. The van der Waals surface area contributed by atoms with Crippen LogP contribution in [0.4, 0.5) is 24.5 Å². The second-order valence-electron chi connectivity index (χ2n) is 3.72. The Morgan fingerprint density at radius 1 is 1.33 bits per heavy atom. The number of aryl methyl sites for hydroxylation is 1. The van der Waals surface area contributed by atoms with E-state index in [2.05, 4.69) is 5.32 Å². The van der Waals surface area contributed by atoms with Crippen LogP contribution < -0.4 is 10.2 Å². The number of benzene rings is 1. The van der Waals surface area contributed by atoms with Crippen molar-refractivity contribution in [1.82, 2.24) is 0 Å². The smallest absolute Gasteiger partial charge is 0.356 e. The van der Waals surface area contributed by atoms with E-state index in [1.54, 1.807) is 18.2 Å². The molecule has 1 heterocycles. The van der Waals surface area contributed by atoms with Gasteiger partial charge in [0.1, 0.15) is 0 Å². The van der Waals surface area contributed by atoms with Crippen molar-refractivity contribution >= 4 is 11.4 Å². The Kier molecular flexibility index (Phi) is 2.06. The molecule has 0 fully saturated rings. The van der Waals surface area contributed by atoms with Crippen LogP contribution in [0.25, 0.3) is 0 Å². The van der Waals surface area contributed by atoms with Gasteiger partial charge in [0.05, 0.1) is 11.4 Å². The van der Waals surface area contributed by atoms with Crippen LogP contribution in [0, 0.1) is 6.92 Å². The average molecular weight is 216 g/mol. The van der Waals surface area contributed by atoms with Gasteiger partial charge in [0.25, 0.3) is 0 Å². The first-order chi connectivity index (χ1) is 6.89. The van der Waals surface area contributed by atoms with Crippen molar-refractivity contribution in [2.45, 2.75) is 19.3 Å². The highest BCUT2D eigenvalue weighted by molar-refractivity contribution is 5.76. The maximum absolute atomic E-state index is 12.6. The van der Waals surface area contributed by atoms with E-state index in [4.69, 9.17) is 0 Å². The number of nitrogens with zero attached hydrogens (tertiary/aromatic N) is 1. The van der Waals surface area contributed by atoms with E-state index in [1.165, 1.54) is 11.9 Å². The molecule has 2 rings (SSSR count). The van der Waals surface area contributed by atoms with Crippen LogP contribution in [-0.2, 0) is 0 Å². The fourth-order valence-electron chi connectivity index (χ4n) is 1.74. The van der Waals surface area contributed by atoms with Crippen LogP contribution in [0.2, 0.25) is 0 Å². The van der Waals surface area contributed by atoms with E-state index in [-0.39, 0.29) is 0 Å². The van der Waals surface area contributed by atoms with Crippen molar-refractivity contribution in [3.63, 3.8) is 0 Å². The Labute approximate surface area is 85.7 Å². The van der Waals surface area contributed by atoms with Crippen LogP contribution in [0.5, 0.6) is 0 Å². The molecule has 0 aromatic heterocycles. The molecule has 82 valence electrons. The van der Waals surface area contributed by atoms with Crippen LogP contribution in [-0.4, -0.2) is 19.4 Å². The summed E-state index contributed by atoms with van der Waals surface area (Å²) in [6.45, 7) is 1.86. The predicted molar refractivity (Wildman–Crippen MR) is 53.0 cm³/mol. The zero-order valence-corrected chi connectivity index (χ0v) is 8.39. The van der Waals surface area contributed by atoms with Gasteiger partial charge in [-0.2, -0.15) is 13.2 Å². The van der Waals surface area contributed by atoms with Gasteiger partial charge in [-0.25, -0.2) is 0 Å². The third kappa shape index (κ3) is 1.62. The topological polar surface area (TPSA) is 15.3 Å². The number of hydrogen-bond acceptors (Lipinski definition) is 2. The Hall–Kier alpha value is -1.39. The molecule has 0 aliphatic carbocycles. The summed E-state index contributed by atoms with van der Waals surface area (Å²) in [4.78, 5) is 1.21. The SMILES string of the molecule is Cc1ccc2c(c1)N(C)C(C(F)(F)F)N2. The number of rotatable bonds is 0. The molecule has 1 aliphatic rings. The largest absolute Gasteiger partial charge is 0.427 e. The highest BCUT2D eigenvalue weighted by atomic mass is 19.4. The summed E-state index contributed by atoms with van der Waals surface area (Å²) < 4.78 is 37.7. The molecule has 1 aromatic carbocycles. The molecule has 0 saturated heterocycles. The van der Waals surface area contributed by atoms with E-state index < -0.39 is 12.3 Å². The van der Waals surface area contributed by atoms with Crippen molar-refractivity contribution in [1.29, 1.82) is 0 Å². The lowest BCUT2D eigenvalue weighted by atomic mass is 10.2. The fourth-order valence-corrected chi connectivity index (χ4v) is 1.74. The quantitative estimate of drug-likeness (QED) is 0.717. The number of alkyl halides is 3. The summed E-state index contributed by atoms with van der Waals surface area (Å²) >= 11 is 0. The molecule has 1 aliphatic heterocycles. The van der Waals surface area contributed by atoms with E-state index in [1.807, 2.05) is 6.92 Å². The highest BCUT2D eigenvalue weighted by Gasteiger charge is 2.46. The van der Waals surface area contributed by atoms with Crippen molar-refractivity contribution in [3.05, 3.63) is 23.8 Å². The van der Waals surface area contributed by atoms with E-state index in [0.29, 0.717) is 11.4 Å². The lowest BCUT2D eigenvalue weighted by Gasteiger charge is -2.24. The lowest BCUT2D eigenvalue weighted by Crippen LogP contribution is -2.45. The zero-order chi connectivity index (χ0) is 11.2. The summed E-state index contributed by atoms with van der Waals surface area (Å²) in [5, 5.41) is 2.45. The molecule has 0 radical (unpaired) electrons. The number of fused-ring (bicyclic) bond motifs is 1. The number of hydrogen-bond donors (Lipinski definition) is 1. The van der Waals surface area contributed by atoms with Gasteiger partial charge in [-0.05, 0) is 24.6 Å². The minimum atomic E-state index is -4.26. The Morgan fingerprint density at radius 3 is 2.60 bits per heavy atom. The van der Waals surface area contributed by atoms with Gasteiger partial charge in [0, 0.05) is 7.05 Å². The van der Waals surface area contributed by atoms with Crippen molar-refractivity contribution in [3.8, 4) is 0 Å². The van der Waals surface area contributed by atoms with Crippen LogP contribution >= 0.6 is 0 Å². The summed E-state index contributed by atoms with van der Waals surface area (Å²) in [6, 6.07) is 5.21. The summed E-state index contributed by atoms with van der Waals surface area (Å²) in [5.41, 5.74) is 2.08. The maximum atomic E-state index is 12.6. The van der Waals surface area contributed by atoms with Gasteiger partial charge in [-0.3, -0.25) is 0 Å². The minimum Gasteiger partial charge on any atom is -0.356 e. The molecule has 0 saturated carbocycles. The number of nitrogens with one attached hydrogen (secondary N) is 1. The average Bonchev–Trinajstić information content (AvgIpc) is 2.43. The molecule has 0 spiro atoms. The Bertz CT molecular complexity index is 387. The normalized spacial score (nSPS) is 20.1.